The van der Waals surface area contributed by atoms with E-state index in [4.69, 9.17) is 0 Å². The van der Waals surface area contributed by atoms with E-state index in [0.29, 0.717) is 25.9 Å². The van der Waals surface area contributed by atoms with Gasteiger partial charge in [-0.3, -0.25) is 4.79 Å². The molecule has 3 rings (SSSR count). The number of amides is 3. The maximum atomic E-state index is 13.6. The molecule has 0 spiro atoms. The van der Waals surface area contributed by atoms with Gasteiger partial charge in [-0.2, -0.15) is 0 Å². The molecule has 0 unspecified atom stereocenters. The van der Waals surface area contributed by atoms with E-state index in [0.717, 1.165) is 30.2 Å². The summed E-state index contributed by atoms with van der Waals surface area (Å²) in [6.45, 7) is 3.31. The highest BCUT2D eigenvalue weighted by molar-refractivity contribution is 5.89. The number of anilines is 1. The van der Waals surface area contributed by atoms with Crippen LogP contribution in [0, 0.1) is 24.5 Å². The number of nitrogens with one attached hydrogen (secondary N) is 2. The highest BCUT2D eigenvalue weighted by Gasteiger charge is 2.24. The average Bonchev–Trinajstić information content (AvgIpc) is 2.72. The molecule has 1 aliphatic heterocycles. The summed E-state index contributed by atoms with van der Waals surface area (Å²) in [5, 5.41) is 5.61. The van der Waals surface area contributed by atoms with Crippen LogP contribution in [0.2, 0.25) is 0 Å². The minimum Gasteiger partial charge on any atom is -0.352 e. The lowest BCUT2D eigenvalue weighted by molar-refractivity contribution is -0.121. The van der Waals surface area contributed by atoms with Crippen LogP contribution >= 0.6 is 0 Å². The number of hydrogen-bond donors (Lipinski definition) is 2. The van der Waals surface area contributed by atoms with Crippen LogP contribution in [-0.2, 0) is 11.3 Å². The Hall–Kier alpha value is -2.96. The zero-order valence-electron chi connectivity index (χ0n) is 17.1. The fraction of sp³-hybridized carbons (Fsp3) is 0.391. The number of piperidine rings is 1. The van der Waals surface area contributed by atoms with Crippen molar-refractivity contribution in [2.24, 2.45) is 5.92 Å². The predicted molar refractivity (Wildman–Crippen MR) is 112 cm³/mol. The number of aryl methyl sites for hydroxylation is 1. The monoisotopic (exact) mass is 415 g/mol. The SMILES string of the molecule is Cc1cccc(NC(=O)N2CCC[C@H](CCC(=O)NCc3ccc(F)cc3F)C2)c1. The lowest BCUT2D eigenvalue weighted by Gasteiger charge is -2.32. The van der Waals surface area contributed by atoms with Crippen molar-refractivity contribution < 1.29 is 18.4 Å². The lowest BCUT2D eigenvalue weighted by atomic mass is 9.93. The van der Waals surface area contributed by atoms with E-state index >= 15 is 0 Å². The van der Waals surface area contributed by atoms with Gasteiger partial charge in [-0.15, -0.1) is 0 Å². The van der Waals surface area contributed by atoms with Gasteiger partial charge in [0.15, 0.2) is 0 Å². The van der Waals surface area contributed by atoms with Crippen LogP contribution < -0.4 is 10.6 Å². The maximum absolute atomic E-state index is 13.6. The van der Waals surface area contributed by atoms with Gasteiger partial charge in [0, 0.05) is 43.4 Å². The molecule has 1 heterocycles. The molecule has 3 amide bonds. The van der Waals surface area contributed by atoms with Crippen LogP contribution in [0.3, 0.4) is 0 Å². The molecule has 5 nitrogen and oxygen atoms in total. The molecule has 0 bridgehead atoms. The summed E-state index contributed by atoms with van der Waals surface area (Å²) in [6, 6.07) is 10.8. The van der Waals surface area contributed by atoms with Crippen molar-refractivity contribution in [1.29, 1.82) is 0 Å². The molecule has 1 saturated heterocycles. The summed E-state index contributed by atoms with van der Waals surface area (Å²) in [6.07, 6.45) is 2.83. The maximum Gasteiger partial charge on any atom is 0.321 e. The van der Waals surface area contributed by atoms with E-state index in [1.165, 1.54) is 12.1 Å². The molecule has 0 aliphatic carbocycles. The fourth-order valence-corrected chi connectivity index (χ4v) is 3.69. The molecule has 2 aromatic carbocycles. The van der Waals surface area contributed by atoms with Crippen LogP contribution in [-0.4, -0.2) is 29.9 Å². The molecular weight excluding hydrogens is 388 g/mol. The Morgan fingerprint density at radius 3 is 2.77 bits per heavy atom. The molecule has 1 aliphatic rings. The molecule has 0 saturated carbocycles. The largest absolute Gasteiger partial charge is 0.352 e. The Labute approximate surface area is 175 Å². The third-order valence-electron chi connectivity index (χ3n) is 5.35. The lowest BCUT2D eigenvalue weighted by Crippen LogP contribution is -2.42. The van der Waals surface area contributed by atoms with Gasteiger partial charge in [0.1, 0.15) is 11.6 Å². The molecule has 7 heteroatoms. The Kier molecular flexibility index (Phi) is 7.38. The molecule has 2 aromatic rings. The average molecular weight is 415 g/mol. The number of halogens is 2. The molecule has 30 heavy (non-hydrogen) atoms. The van der Waals surface area contributed by atoms with E-state index in [1.807, 2.05) is 31.2 Å². The number of hydrogen-bond acceptors (Lipinski definition) is 2. The number of rotatable bonds is 6. The topological polar surface area (TPSA) is 61.4 Å². The first-order valence-corrected chi connectivity index (χ1v) is 10.2. The number of nitrogens with zero attached hydrogens (tertiary/aromatic N) is 1. The molecule has 2 N–H and O–H groups in total. The first kappa shape index (κ1) is 21.7. The zero-order valence-corrected chi connectivity index (χ0v) is 17.1. The summed E-state index contributed by atoms with van der Waals surface area (Å²) in [5.41, 5.74) is 2.10. The summed E-state index contributed by atoms with van der Waals surface area (Å²) in [4.78, 5) is 26.5. The van der Waals surface area contributed by atoms with Crippen LogP contribution in [0.1, 0.15) is 36.8 Å². The van der Waals surface area contributed by atoms with Gasteiger partial charge in [0.25, 0.3) is 0 Å². The van der Waals surface area contributed by atoms with E-state index in [9.17, 15) is 18.4 Å². The van der Waals surface area contributed by atoms with E-state index in [2.05, 4.69) is 10.6 Å². The molecule has 0 aromatic heterocycles. The number of likely N-dealkylation sites (tertiary alicyclic amines) is 1. The molecule has 160 valence electrons. The van der Waals surface area contributed by atoms with Crippen molar-refractivity contribution in [2.45, 2.75) is 39.2 Å². The second kappa shape index (κ2) is 10.2. The first-order valence-electron chi connectivity index (χ1n) is 10.2. The molecular formula is C23H27F2N3O2. The Bertz CT molecular complexity index is 904. The van der Waals surface area contributed by atoms with Crippen molar-refractivity contribution in [3.05, 3.63) is 65.2 Å². The Balaban J connectivity index is 1.43. The van der Waals surface area contributed by atoms with Crippen LogP contribution in [0.25, 0.3) is 0 Å². The zero-order chi connectivity index (χ0) is 21.5. The van der Waals surface area contributed by atoms with Crippen LogP contribution in [0.5, 0.6) is 0 Å². The van der Waals surface area contributed by atoms with Gasteiger partial charge in [-0.1, -0.05) is 18.2 Å². The van der Waals surface area contributed by atoms with Gasteiger partial charge >= 0.3 is 6.03 Å². The van der Waals surface area contributed by atoms with E-state index in [1.54, 1.807) is 4.90 Å². The van der Waals surface area contributed by atoms with Crippen LogP contribution in [0.4, 0.5) is 19.3 Å². The molecule has 1 fully saturated rings. The van der Waals surface area contributed by atoms with Crippen molar-refractivity contribution in [3.8, 4) is 0 Å². The predicted octanol–water partition coefficient (Wildman–Crippen LogP) is 4.61. The second-order valence-electron chi connectivity index (χ2n) is 7.81. The van der Waals surface area contributed by atoms with Crippen molar-refractivity contribution >= 4 is 17.6 Å². The van der Waals surface area contributed by atoms with E-state index in [-0.39, 0.29) is 30.0 Å². The summed E-state index contributed by atoms with van der Waals surface area (Å²) in [7, 11) is 0. The third-order valence-corrected chi connectivity index (χ3v) is 5.35. The Morgan fingerprint density at radius 1 is 1.17 bits per heavy atom. The summed E-state index contributed by atoms with van der Waals surface area (Å²) >= 11 is 0. The minimum absolute atomic E-state index is 0.0284. The number of benzene rings is 2. The molecule has 0 radical (unpaired) electrons. The minimum atomic E-state index is -0.669. The first-order chi connectivity index (χ1) is 14.4. The smallest absolute Gasteiger partial charge is 0.321 e. The standard InChI is InChI=1S/C23H27F2N3O2/c1-16-4-2-6-20(12-16)27-23(30)28-11-3-5-17(15-28)7-10-22(29)26-14-18-8-9-19(24)13-21(18)25/h2,4,6,8-9,12-13,17H,3,5,7,10-11,14-15H2,1H3,(H,26,29)(H,27,30)/t17-/m1/s1. The third kappa shape index (κ3) is 6.27. The van der Waals surface area contributed by atoms with Crippen molar-refractivity contribution in [2.75, 3.05) is 18.4 Å². The summed E-state index contributed by atoms with van der Waals surface area (Å²) < 4.78 is 26.6. The normalized spacial score (nSPS) is 16.2. The molecule has 1 atom stereocenters. The van der Waals surface area contributed by atoms with Gasteiger partial charge in [0.2, 0.25) is 5.91 Å². The fourth-order valence-electron chi connectivity index (χ4n) is 3.69. The highest BCUT2D eigenvalue weighted by Crippen LogP contribution is 2.22. The van der Waals surface area contributed by atoms with Crippen molar-refractivity contribution in [3.63, 3.8) is 0 Å². The summed E-state index contributed by atoms with van der Waals surface area (Å²) in [5.74, 6) is -1.25. The number of carbonyl (C=O) groups is 2. The van der Waals surface area contributed by atoms with Crippen LogP contribution in [0.15, 0.2) is 42.5 Å². The quantitative estimate of drug-likeness (QED) is 0.724. The number of urea groups is 1. The Morgan fingerprint density at radius 2 is 2.00 bits per heavy atom. The number of carbonyl (C=O) groups excluding carboxylic acids is 2. The highest BCUT2D eigenvalue weighted by atomic mass is 19.1. The van der Waals surface area contributed by atoms with E-state index < -0.39 is 11.6 Å². The van der Waals surface area contributed by atoms with Gasteiger partial charge in [-0.25, -0.2) is 13.6 Å². The van der Waals surface area contributed by atoms with Crippen molar-refractivity contribution in [1.82, 2.24) is 10.2 Å². The second-order valence-corrected chi connectivity index (χ2v) is 7.81. The van der Waals surface area contributed by atoms with Gasteiger partial charge in [0.05, 0.1) is 0 Å². The van der Waals surface area contributed by atoms with Gasteiger partial charge < -0.3 is 15.5 Å². The van der Waals surface area contributed by atoms with Gasteiger partial charge in [-0.05, 0) is 55.9 Å².